The standard InChI is InChI=1S/C20H27N3O7.C6H11NO4/c1-29-16-10-11(9-12(21)19(26)27)4-5-15(16)30-20(28)17-14(24)6-8-23(17)18(25)13-3-2-7-22-13;7-4(6(10)11)2-1-3-5(8)9/h4-5,10,12-14,17,22,24H,2-3,6-9,21H2,1H3,(H,26,27);4H,1-3,7H2,(H,8,9)(H,10,11)/t12-,13-,14?,17-;/m0./s1. The SMILES string of the molecule is COc1cc(C[C@H](N)C(=O)O)ccc1OC(=O)[C@@H]1C(O)CCN1C(=O)[C@@H]1CCCN1.NC(CCCC(=O)O)C(=O)O. The van der Waals surface area contributed by atoms with E-state index in [-0.39, 0.29) is 49.3 Å². The van der Waals surface area contributed by atoms with Crippen molar-refractivity contribution in [1.29, 1.82) is 0 Å². The number of amides is 1. The van der Waals surface area contributed by atoms with E-state index in [9.17, 15) is 29.1 Å². The number of benzene rings is 1. The Kier molecular flexibility index (Phi) is 12.9. The zero-order valence-corrected chi connectivity index (χ0v) is 22.7. The first-order chi connectivity index (χ1) is 19.3. The number of nitrogens with one attached hydrogen (secondary N) is 1. The van der Waals surface area contributed by atoms with Crippen molar-refractivity contribution < 1.29 is 53.9 Å². The number of nitrogens with two attached hydrogens (primary N) is 2. The van der Waals surface area contributed by atoms with Crippen LogP contribution in [0.5, 0.6) is 11.5 Å². The molecule has 9 N–H and O–H groups in total. The molecule has 0 saturated carbocycles. The third kappa shape index (κ3) is 9.97. The number of aliphatic carboxylic acids is 3. The van der Waals surface area contributed by atoms with E-state index in [0.29, 0.717) is 24.8 Å². The van der Waals surface area contributed by atoms with E-state index in [2.05, 4.69) is 5.32 Å². The van der Waals surface area contributed by atoms with Gasteiger partial charge >= 0.3 is 23.9 Å². The third-order valence-electron chi connectivity index (χ3n) is 6.68. The highest BCUT2D eigenvalue weighted by Gasteiger charge is 2.44. The number of hydrogen-bond acceptors (Lipinski definition) is 11. The lowest BCUT2D eigenvalue weighted by atomic mass is 10.1. The number of likely N-dealkylation sites (tertiary alicyclic amines) is 1. The van der Waals surface area contributed by atoms with E-state index in [1.54, 1.807) is 12.1 Å². The summed E-state index contributed by atoms with van der Waals surface area (Å²) in [5.74, 6) is -3.77. The van der Waals surface area contributed by atoms with Gasteiger partial charge in [0.25, 0.3) is 0 Å². The second kappa shape index (κ2) is 15.9. The van der Waals surface area contributed by atoms with E-state index in [1.807, 2.05) is 0 Å². The second-order valence-corrected chi connectivity index (χ2v) is 9.77. The molecule has 15 heteroatoms. The average molecular weight is 583 g/mol. The quantitative estimate of drug-likeness (QED) is 0.114. The molecule has 41 heavy (non-hydrogen) atoms. The molecule has 15 nitrogen and oxygen atoms in total. The maximum atomic E-state index is 12.8. The Morgan fingerprint density at radius 2 is 1.73 bits per heavy atom. The van der Waals surface area contributed by atoms with Gasteiger partial charge < -0.3 is 51.6 Å². The number of aliphatic hydroxyl groups excluding tert-OH is 1. The van der Waals surface area contributed by atoms with Gasteiger partial charge in [-0.05, 0) is 62.8 Å². The molecule has 1 aromatic rings. The summed E-state index contributed by atoms with van der Waals surface area (Å²) in [5.41, 5.74) is 11.3. The summed E-state index contributed by atoms with van der Waals surface area (Å²) in [6.07, 6.45) is 1.43. The molecule has 0 bridgehead atoms. The lowest BCUT2D eigenvalue weighted by Crippen LogP contribution is -2.52. The minimum atomic E-state index is -1.12. The van der Waals surface area contributed by atoms with Gasteiger partial charge in [-0.1, -0.05) is 6.07 Å². The average Bonchev–Trinajstić information content (AvgIpc) is 3.59. The fourth-order valence-corrected chi connectivity index (χ4v) is 4.43. The van der Waals surface area contributed by atoms with Crippen LogP contribution in [0, 0.1) is 0 Å². The monoisotopic (exact) mass is 582 g/mol. The van der Waals surface area contributed by atoms with E-state index in [0.717, 1.165) is 13.0 Å². The predicted molar refractivity (Wildman–Crippen MR) is 142 cm³/mol. The summed E-state index contributed by atoms with van der Waals surface area (Å²) in [4.78, 5) is 58.0. The van der Waals surface area contributed by atoms with Gasteiger partial charge in [0, 0.05) is 13.0 Å². The Morgan fingerprint density at radius 1 is 1.05 bits per heavy atom. The maximum absolute atomic E-state index is 12.8. The van der Waals surface area contributed by atoms with Crippen molar-refractivity contribution in [2.75, 3.05) is 20.2 Å². The third-order valence-corrected chi connectivity index (χ3v) is 6.68. The summed E-state index contributed by atoms with van der Waals surface area (Å²) in [5, 5.41) is 38.8. The lowest BCUT2D eigenvalue weighted by molar-refractivity contribution is -0.149. The molecule has 2 unspecified atom stereocenters. The number of carbonyl (C=O) groups is 5. The first-order valence-corrected chi connectivity index (χ1v) is 13.1. The topological polar surface area (TPSA) is 252 Å². The van der Waals surface area contributed by atoms with Crippen molar-refractivity contribution >= 4 is 29.8 Å². The van der Waals surface area contributed by atoms with Gasteiger partial charge in [-0.25, -0.2) is 4.79 Å². The van der Waals surface area contributed by atoms with Gasteiger partial charge in [-0.2, -0.15) is 0 Å². The molecule has 0 aliphatic carbocycles. The highest BCUT2D eigenvalue weighted by atomic mass is 16.6. The predicted octanol–water partition coefficient (Wildman–Crippen LogP) is -1.08. The van der Waals surface area contributed by atoms with E-state index < -0.39 is 48.1 Å². The number of carboxylic acid groups (broad SMARTS) is 3. The number of ether oxygens (including phenoxy) is 2. The fraction of sp³-hybridized carbons (Fsp3) is 0.577. The number of aliphatic hydroxyl groups is 1. The Morgan fingerprint density at radius 3 is 2.29 bits per heavy atom. The van der Waals surface area contributed by atoms with Crippen molar-refractivity contribution in [2.45, 2.75) is 75.2 Å². The highest BCUT2D eigenvalue weighted by Crippen LogP contribution is 2.30. The van der Waals surface area contributed by atoms with Gasteiger partial charge in [0.05, 0.1) is 19.3 Å². The number of methoxy groups -OCH3 is 1. The van der Waals surface area contributed by atoms with Gasteiger partial charge in [-0.3, -0.25) is 19.2 Å². The fourth-order valence-electron chi connectivity index (χ4n) is 4.43. The van der Waals surface area contributed by atoms with Crippen molar-refractivity contribution in [3.8, 4) is 11.5 Å². The molecular weight excluding hydrogens is 544 g/mol. The van der Waals surface area contributed by atoms with Gasteiger partial charge in [0.2, 0.25) is 5.91 Å². The molecular formula is C26H38N4O11. The molecule has 5 atom stereocenters. The largest absolute Gasteiger partial charge is 0.493 e. The zero-order chi connectivity index (χ0) is 30.7. The molecule has 2 heterocycles. The number of rotatable bonds is 12. The number of carbonyl (C=O) groups excluding carboxylic acids is 2. The van der Waals surface area contributed by atoms with E-state index >= 15 is 0 Å². The molecule has 228 valence electrons. The maximum Gasteiger partial charge on any atom is 0.337 e. The molecule has 0 radical (unpaired) electrons. The normalized spacial score (nSPS) is 21.3. The Hall–Kier alpha value is -3.79. The number of esters is 1. The smallest absolute Gasteiger partial charge is 0.337 e. The van der Waals surface area contributed by atoms with Crippen LogP contribution in [0.3, 0.4) is 0 Å². The Labute approximate surface area is 236 Å². The van der Waals surface area contributed by atoms with Crippen LogP contribution in [0.2, 0.25) is 0 Å². The molecule has 1 amide bonds. The molecule has 3 rings (SSSR count). The molecule has 0 aromatic heterocycles. The van der Waals surface area contributed by atoms with E-state index in [1.165, 1.54) is 18.1 Å². The van der Waals surface area contributed by atoms with Crippen molar-refractivity contribution in [3.63, 3.8) is 0 Å². The Balaban J connectivity index is 0.000000454. The van der Waals surface area contributed by atoms with Gasteiger partial charge in [0.1, 0.15) is 12.1 Å². The van der Waals surface area contributed by atoms with Gasteiger partial charge in [0.15, 0.2) is 17.5 Å². The minimum absolute atomic E-state index is 0.0268. The van der Waals surface area contributed by atoms with Crippen molar-refractivity contribution in [1.82, 2.24) is 10.2 Å². The molecule has 2 aliphatic rings. The van der Waals surface area contributed by atoms with Gasteiger partial charge in [-0.15, -0.1) is 0 Å². The van der Waals surface area contributed by atoms with Crippen molar-refractivity contribution in [2.24, 2.45) is 11.5 Å². The number of carboxylic acids is 3. The van der Waals surface area contributed by atoms with Crippen LogP contribution in [-0.4, -0.2) is 106 Å². The zero-order valence-electron chi connectivity index (χ0n) is 22.7. The second-order valence-electron chi connectivity index (χ2n) is 9.77. The van der Waals surface area contributed by atoms with E-state index in [4.69, 9.17) is 36.3 Å². The summed E-state index contributed by atoms with van der Waals surface area (Å²) in [6, 6.07) is 1.16. The van der Waals surface area contributed by atoms with Crippen LogP contribution in [0.1, 0.15) is 44.1 Å². The first kappa shape index (κ1) is 33.4. The van der Waals surface area contributed by atoms with Crippen LogP contribution in [-0.2, 0) is 30.4 Å². The van der Waals surface area contributed by atoms with Crippen molar-refractivity contribution in [3.05, 3.63) is 23.8 Å². The summed E-state index contributed by atoms with van der Waals surface area (Å²) in [6.45, 7) is 1.03. The molecule has 2 aliphatic heterocycles. The van der Waals surface area contributed by atoms with Crippen LogP contribution in [0.25, 0.3) is 0 Å². The number of hydrogen-bond donors (Lipinski definition) is 7. The summed E-state index contributed by atoms with van der Waals surface area (Å²) < 4.78 is 10.7. The highest BCUT2D eigenvalue weighted by molar-refractivity contribution is 5.89. The first-order valence-electron chi connectivity index (χ1n) is 13.1. The molecule has 1 aromatic carbocycles. The molecule has 0 spiro atoms. The summed E-state index contributed by atoms with van der Waals surface area (Å²) in [7, 11) is 1.39. The Bertz CT molecular complexity index is 1090. The molecule has 2 saturated heterocycles. The van der Waals surface area contributed by atoms with Crippen LogP contribution in [0.4, 0.5) is 0 Å². The van der Waals surface area contributed by atoms with Crippen LogP contribution >= 0.6 is 0 Å². The lowest BCUT2D eigenvalue weighted by Gasteiger charge is -2.27. The van der Waals surface area contributed by atoms with Crippen LogP contribution < -0.4 is 26.3 Å². The minimum Gasteiger partial charge on any atom is -0.493 e. The number of nitrogens with zero attached hydrogens (tertiary/aromatic N) is 1. The summed E-state index contributed by atoms with van der Waals surface area (Å²) >= 11 is 0. The molecule has 2 fully saturated rings. The van der Waals surface area contributed by atoms with Crippen LogP contribution in [0.15, 0.2) is 18.2 Å².